The highest BCUT2D eigenvalue weighted by Gasteiger charge is 2.34. The summed E-state index contributed by atoms with van der Waals surface area (Å²) in [5.74, 6) is 0. The lowest BCUT2D eigenvalue weighted by Gasteiger charge is -2.44. The van der Waals surface area contributed by atoms with E-state index in [0.29, 0.717) is 6.04 Å². The van der Waals surface area contributed by atoms with E-state index in [-0.39, 0.29) is 5.54 Å². The topological polar surface area (TPSA) is 15.3 Å². The van der Waals surface area contributed by atoms with Crippen molar-refractivity contribution >= 4 is 0 Å². The quantitative estimate of drug-likeness (QED) is 0.669. The molecule has 1 unspecified atom stereocenters. The first-order chi connectivity index (χ1) is 9.12. The van der Waals surface area contributed by atoms with Crippen molar-refractivity contribution in [2.45, 2.75) is 77.3 Å². The van der Waals surface area contributed by atoms with Gasteiger partial charge in [0, 0.05) is 11.6 Å². The van der Waals surface area contributed by atoms with E-state index in [0.717, 1.165) is 13.0 Å². The highest BCUT2D eigenvalue weighted by atomic mass is 15.2. The second-order valence-corrected chi connectivity index (χ2v) is 6.43. The zero-order chi connectivity index (χ0) is 14.1. The van der Waals surface area contributed by atoms with Gasteiger partial charge in [0.1, 0.15) is 0 Å². The molecule has 1 atom stereocenters. The van der Waals surface area contributed by atoms with Crippen molar-refractivity contribution in [3.8, 4) is 0 Å². The van der Waals surface area contributed by atoms with Crippen LogP contribution in [0.5, 0.6) is 0 Å². The summed E-state index contributed by atoms with van der Waals surface area (Å²) in [6, 6.07) is 0.573. The van der Waals surface area contributed by atoms with Crippen LogP contribution in [0.3, 0.4) is 0 Å². The van der Waals surface area contributed by atoms with Gasteiger partial charge in [-0.1, -0.05) is 25.8 Å². The molecule has 0 aromatic rings. The number of hydrogen-bond acceptors (Lipinski definition) is 2. The normalized spacial score (nSPS) is 19.9. The molecule has 0 aromatic heterocycles. The van der Waals surface area contributed by atoms with Crippen molar-refractivity contribution in [1.82, 2.24) is 10.2 Å². The fraction of sp³-hybridized carbons (Fsp3) is 0.882. The standard InChI is InChI=1S/C17H34N2/c1-5-7-12-16(18-13-6-2)17(3,4)19-14-10-8-9-11-15-19/h5,16,18H,1,6-15H2,2-4H3. The number of allylic oxidation sites excluding steroid dienone is 1. The van der Waals surface area contributed by atoms with E-state index >= 15 is 0 Å². The third-order valence-electron chi connectivity index (χ3n) is 4.57. The summed E-state index contributed by atoms with van der Waals surface area (Å²) in [5, 5.41) is 3.77. The summed E-state index contributed by atoms with van der Waals surface area (Å²) in [7, 11) is 0. The summed E-state index contributed by atoms with van der Waals surface area (Å²) < 4.78 is 0. The molecule has 1 fully saturated rings. The molecule has 0 aliphatic carbocycles. The molecule has 0 bridgehead atoms. The van der Waals surface area contributed by atoms with E-state index in [1.54, 1.807) is 0 Å². The summed E-state index contributed by atoms with van der Waals surface area (Å²) in [5.41, 5.74) is 0.252. The molecule has 19 heavy (non-hydrogen) atoms. The van der Waals surface area contributed by atoms with Crippen molar-refractivity contribution in [2.24, 2.45) is 0 Å². The molecule has 1 rings (SSSR count). The average molecular weight is 266 g/mol. The van der Waals surface area contributed by atoms with E-state index in [1.807, 2.05) is 0 Å². The van der Waals surface area contributed by atoms with Gasteiger partial charge in [0.15, 0.2) is 0 Å². The summed E-state index contributed by atoms with van der Waals surface area (Å²) in [4.78, 5) is 2.72. The molecule has 2 nitrogen and oxygen atoms in total. The Labute approximate surface area is 120 Å². The Balaban J connectivity index is 2.67. The molecule has 1 N–H and O–H groups in total. The SMILES string of the molecule is C=CCCC(NCCC)C(C)(C)N1CCCCCC1. The first-order valence-corrected chi connectivity index (χ1v) is 8.22. The number of rotatable bonds is 8. The van der Waals surface area contributed by atoms with Gasteiger partial charge in [-0.25, -0.2) is 0 Å². The van der Waals surface area contributed by atoms with Crippen LogP contribution in [0.1, 0.15) is 65.7 Å². The summed E-state index contributed by atoms with van der Waals surface area (Å²) in [6.45, 7) is 14.6. The van der Waals surface area contributed by atoms with Gasteiger partial charge in [-0.05, 0) is 65.6 Å². The van der Waals surface area contributed by atoms with Crippen LogP contribution in [-0.2, 0) is 0 Å². The first-order valence-electron chi connectivity index (χ1n) is 8.22. The van der Waals surface area contributed by atoms with Gasteiger partial charge in [0.2, 0.25) is 0 Å². The van der Waals surface area contributed by atoms with Crippen LogP contribution in [-0.4, -0.2) is 36.1 Å². The van der Waals surface area contributed by atoms with Crippen molar-refractivity contribution in [2.75, 3.05) is 19.6 Å². The maximum Gasteiger partial charge on any atom is 0.0306 e. The van der Waals surface area contributed by atoms with Crippen LogP contribution in [0.4, 0.5) is 0 Å². The molecule has 112 valence electrons. The smallest absolute Gasteiger partial charge is 0.0306 e. The fourth-order valence-electron chi connectivity index (χ4n) is 3.18. The third-order valence-corrected chi connectivity index (χ3v) is 4.57. The minimum atomic E-state index is 0.252. The van der Waals surface area contributed by atoms with Gasteiger partial charge >= 0.3 is 0 Å². The second kappa shape index (κ2) is 8.76. The van der Waals surface area contributed by atoms with Crippen LogP contribution in [0.2, 0.25) is 0 Å². The molecule has 1 heterocycles. The predicted molar refractivity (Wildman–Crippen MR) is 85.6 cm³/mol. The van der Waals surface area contributed by atoms with E-state index in [4.69, 9.17) is 0 Å². The lowest BCUT2D eigenvalue weighted by molar-refractivity contribution is 0.0804. The first kappa shape index (κ1) is 16.7. The molecule has 1 aliphatic rings. The highest BCUT2D eigenvalue weighted by Crippen LogP contribution is 2.26. The number of nitrogens with zero attached hydrogens (tertiary/aromatic N) is 1. The predicted octanol–water partition coefficient (Wildman–Crippen LogP) is 3.98. The molecule has 1 aliphatic heterocycles. The van der Waals surface area contributed by atoms with Gasteiger partial charge in [-0.15, -0.1) is 6.58 Å². The largest absolute Gasteiger partial charge is 0.312 e. The van der Waals surface area contributed by atoms with Crippen molar-refractivity contribution in [1.29, 1.82) is 0 Å². The van der Waals surface area contributed by atoms with E-state index in [9.17, 15) is 0 Å². The van der Waals surface area contributed by atoms with Gasteiger partial charge in [-0.3, -0.25) is 4.90 Å². The minimum absolute atomic E-state index is 0.252. The Bertz CT molecular complexity index is 240. The zero-order valence-corrected chi connectivity index (χ0v) is 13.4. The lowest BCUT2D eigenvalue weighted by Crippen LogP contribution is -2.58. The van der Waals surface area contributed by atoms with Gasteiger partial charge in [0.05, 0.1) is 0 Å². The van der Waals surface area contributed by atoms with Crippen LogP contribution < -0.4 is 5.32 Å². The Morgan fingerprint density at radius 3 is 2.37 bits per heavy atom. The molecular formula is C17H34N2. The maximum atomic E-state index is 3.88. The Morgan fingerprint density at radius 1 is 1.21 bits per heavy atom. The monoisotopic (exact) mass is 266 g/mol. The number of hydrogen-bond donors (Lipinski definition) is 1. The Morgan fingerprint density at radius 2 is 1.84 bits per heavy atom. The van der Waals surface area contributed by atoms with E-state index in [1.165, 1.54) is 51.6 Å². The van der Waals surface area contributed by atoms with Crippen LogP contribution in [0.25, 0.3) is 0 Å². The molecule has 0 amide bonds. The second-order valence-electron chi connectivity index (χ2n) is 6.43. The van der Waals surface area contributed by atoms with E-state index < -0.39 is 0 Å². The fourth-order valence-corrected chi connectivity index (χ4v) is 3.18. The summed E-state index contributed by atoms with van der Waals surface area (Å²) in [6.07, 6.45) is 11.1. The molecule has 0 saturated carbocycles. The maximum absolute atomic E-state index is 3.88. The van der Waals surface area contributed by atoms with Gasteiger partial charge < -0.3 is 5.32 Å². The lowest BCUT2D eigenvalue weighted by atomic mass is 9.88. The van der Waals surface area contributed by atoms with Crippen LogP contribution in [0.15, 0.2) is 12.7 Å². The molecular weight excluding hydrogens is 232 g/mol. The van der Waals surface area contributed by atoms with Crippen LogP contribution >= 0.6 is 0 Å². The minimum Gasteiger partial charge on any atom is -0.312 e. The Hall–Kier alpha value is -0.340. The van der Waals surface area contributed by atoms with Crippen molar-refractivity contribution in [3.05, 3.63) is 12.7 Å². The van der Waals surface area contributed by atoms with Gasteiger partial charge in [-0.2, -0.15) is 0 Å². The molecule has 1 saturated heterocycles. The van der Waals surface area contributed by atoms with Crippen LogP contribution in [0, 0.1) is 0 Å². The Kier molecular flexibility index (Phi) is 7.70. The van der Waals surface area contributed by atoms with Crippen molar-refractivity contribution < 1.29 is 0 Å². The highest BCUT2D eigenvalue weighted by molar-refractivity contribution is 4.95. The van der Waals surface area contributed by atoms with Gasteiger partial charge in [0.25, 0.3) is 0 Å². The third kappa shape index (κ3) is 5.27. The molecule has 0 aromatic carbocycles. The number of nitrogens with one attached hydrogen (secondary N) is 1. The molecule has 0 radical (unpaired) electrons. The number of likely N-dealkylation sites (tertiary alicyclic amines) is 1. The molecule has 0 spiro atoms. The van der Waals surface area contributed by atoms with Crippen molar-refractivity contribution in [3.63, 3.8) is 0 Å². The summed E-state index contributed by atoms with van der Waals surface area (Å²) >= 11 is 0. The zero-order valence-electron chi connectivity index (χ0n) is 13.4. The molecule has 2 heteroatoms. The average Bonchev–Trinajstić information content (AvgIpc) is 2.68. The van der Waals surface area contributed by atoms with E-state index in [2.05, 4.69) is 43.6 Å².